The molecule has 21 heavy (non-hydrogen) atoms. The van der Waals surface area contributed by atoms with Crippen molar-refractivity contribution in [2.45, 2.75) is 25.4 Å². The van der Waals surface area contributed by atoms with E-state index in [0.29, 0.717) is 25.0 Å². The third-order valence-corrected chi connectivity index (χ3v) is 4.00. The van der Waals surface area contributed by atoms with Crippen LogP contribution in [0.15, 0.2) is 18.2 Å². The number of nitrogens with two attached hydrogens (primary N) is 1. The standard InChI is InChI=1S/C15H17F3N2O/c16-15(17,18)13-4-5-14(12(6-13)8-20)21-9-11-3-1-2-10(11)7-19/h4-6,10-11H,1-3,7,9,19H2. The molecule has 2 unspecified atom stereocenters. The highest BCUT2D eigenvalue weighted by Crippen LogP contribution is 2.34. The van der Waals surface area contributed by atoms with Crippen LogP contribution in [0.2, 0.25) is 0 Å². The van der Waals surface area contributed by atoms with Crippen molar-refractivity contribution >= 4 is 0 Å². The highest BCUT2D eigenvalue weighted by Gasteiger charge is 2.31. The van der Waals surface area contributed by atoms with Crippen LogP contribution < -0.4 is 10.5 Å². The first-order valence-corrected chi connectivity index (χ1v) is 6.90. The van der Waals surface area contributed by atoms with Crippen molar-refractivity contribution in [2.24, 2.45) is 17.6 Å². The van der Waals surface area contributed by atoms with E-state index in [1.165, 1.54) is 6.07 Å². The number of halogens is 3. The maximum Gasteiger partial charge on any atom is 0.416 e. The maximum atomic E-state index is 12.6. The van der Waals surface area contributed by atoms with E-state index in [4.69, 9.17) is 15.7 Å². The van der Waals surface area contributed by atoms with Crippen LogP contribution in [0.5, 0.6) is 5.75 Å². The van der Waals surface area contributed by atoms with Gasteiger partial charge in [-0.15, -0.1) is 0 Å². The molecule has 0 bridgehead atoms. The summed E-state index contributed by atoms with van der Waals surface area (Å²) in [5.41, 5.74) is 4.75. The van der Waals surface area contributed by atoms with Gasteiger partial charge in [0.25, 0.3) is 0 Å². The van der Waals surface area contributed by atoms with E-state index >= 15 is 0 Å². The SMILES string of the molecule is N#Cc1cc(C(F)(F)F)ccc1OCC1CCCC1CN. The molecule has 1 aliphatic carbocycles. The Labute approximate surface area is 121 Å². The summed E-state index contributed by atoms with van der Waals surface area (Å²) in [5, 5.41) is 8.98. The highest BCUT2D eigenvalue weighted by atomic mass is 19.4. The second kappa shape index (κ2) is 6.35. The molecule has 1 saturated carbocycles. The molecule has 2 N–H and O–H groups in total. The summed E-state index contributed by atoms with van der Waals surface area (Å²) in [4.78, 5) is 0. The lowest BCUT2D eigenvalue weighted by Gasteiger charge is -2.19. The lowest BCUT2D eigenvalue weighted by Crippen LogP contribution is -2.23. The van der Waals surface area contributed by atoms with Crippen LogP contribution in [0.3, 0.4) is 0 Å². The van der Waals surface area contributed by atoms with Gasteiger partial charge in [0.05, 0.1) is 17.7 Å². The number of nitriles is 1. The molecule has 114 valence electrons. The molecule has 6 heteroatoms. The van der Waals surface area contributed by atoms with E-state index in [9.17, 15) is 13.2 Å². The van der Waals surface area contributed by atoms with Gasteiger partial charge in [-0.05, 0) is 49.4 Å². The normalized spacial score (nSPS) is 22.0. The Morgan fingerprint density at radius 1 is 1.29 bits per heavy atom. The fourth-order valence-electron chi connectivity index (χ4n) is 2.76. The van der Waals surface area contributed by atoms with Gasteiger partial charge >= 0.3 is 6.18 Å². The Balaban J connectivity index is 2.08. The van der Waals surface area contributed by atoms with Crippen molar-refractivity contribution in [1.82, 2.24) is 0 Å². The van der Waals surface area contributed by atoms with E-state index in [1.807, 2.05) is 0 Å². The van der Waals surface area contributed by atoms with E-state index in [0.717, 1.165) is 31.4 Å². The molecule has 0 aliphatic heterocycles. The molecule has 0 heterocycles. The molecule has 0 saturated heterocycles. The molecule has 1 fully saturated rings. The summed E-state index contributed by atoms with van der Waals surface area (Å²) < 4.78 is 43.4. The monoisotopic (exact) mass is 298 g/mol. The Morgan fingerprint density at radius 2 is 2.00 bits per heavy atom. The molecule has 2 atom stereocenters. The summed E-state index contributed by atoms with van der Waals surface area (Å²) in [7, 11) is 0. The Morgan fingerprint density at radius 3 is 2.62 bits per heavy atom. The average molecular weight is 298 g/mol. The molecule has 0 amide bonds. The van der Waals surface area contributed by atoms with Gasteiger partial charge in [-0.3, -0.25) is 0 Å². The molecular formula is C15H17F3N2O. The number of ether oxygens (including phenoxy) is 1. The summed E-state index contributed by atoms with van der Waals surface area (Å²) in [6.45, 7) is 0.980. The van der Waals surface area contributed by atoms with Gasteiger partial charge in [-0.1, -0.05) is 6.42 Å². The van der Waals surface area contributed by atoms with Gasteiger partial charge in [0.15, 0.2) is 0 Å². The predicted octanol–water partition coefficient (Wildman–Crippen LogP) is 3.33. The Kier molecular flexibility index (Phi) is 4.73. The fourth-order valence-corrected chi connectivity index (χ4v) is 2.76. The van der Waals surface area contributed by atoms with E-state index in [1.54, 1.807) is 6.07 Å². The number of hydrogen-bond acceptors (Lipinski definition) is 3. The quantitative estimate of drug-likeness (QED) is 0.927. The van der Waals surface area contributed by atoms with E-state index in [2.05, 4.69) is 0 Å². The molecular weight excluding hydrogens is 281 g/mol. The Hall–Kier alpha value is -1.74. The van der Waals surface area contributed by atoms with Crippen molar-refractivity contribution in [3.8, 4) is 11.8 Å². The molecule has 2 rings (SSSR count). The van der Waals surface area contributed by atoms with Crippen LogP contribution in [0.25, 0.3) is 0 Å². The van der Waals surface area contributed by atoms with Crippen molar-refractivity contribution in [3.05, 3.63) is 29.3 Å². The first-order valence-electron chi connectivity index (χ1n) is 6.90. The topological polar surface area (TPSA) is 59.0 Å². The molecule has 0 radical (unpaired) electrons. The third-order valence-electron chi connectivity index (χ3n) is 4.00. The van der Waals surface area contributed by atoms with Crippen LogP contribution in [0.1, 0.15) is 30.4 Å². The molecule has 1 aromatic carbocycles. The Bertz CT molecular complexity index is 537. The minimum absolute atomic E-state index is 0.0906. The minimum Gasteiger partial charge on any atom is -0.492 e. The van der Waals surface area contributed by atoms with Gasteiger partial charge in [0.1, 0.15) is 11.8 Å². The van der Waals surface area contributed by atoms with Crippen molar-refractivity contribution in [3.63, 3.8) is 0 Å². The first-order chi connectivity index (χ1) is 9.95. The number of hydrogen-bond donors (Lipinski definition) is 1. The number of alkyl halides is 3. The van der Waals surface area contributed by atoms with E-state index in [-0.39, 0.29) is 11.3 Å². The summed E-state index contributed by atoms with van der Waals surface area (Å²) in [5.74, 6) is 0.905. The second-order valence-electron chi connectivity index (χ2n) is 5.32. The molecule has 0 spiro atoms. The van der Waals surface area contributed by atoms with Gasteiger partial charge in [0, 0.05) is 0 Å². The van der Waals surface area contributed by atoms with Crippen LogP contribution in [0.4, 0.5) is 13.2 Å². The highest BCUT2D eigenvalue weighted by molar-refractivity contribution is 5.46. The zero-order valence-corrected chi connectivity index (χ0v) is 11.5. The van der Waals surface area contributed by atoms with Crippen LogP contribution in [0, 0.1) is 23.2 Å². The smallest absolute Gasteiger partial charge is 0.416 e. The van der Waals surface area contributed by atoms with Crippen LogP contribution in [-0.2, 0) is 6.18 Å². The summed E-state index contributed by atoms with van der Waals surface area (Å²) in [6.07, 6.45) is -1.30. The third kappa shape index (κ3) is 3.67. The van der Waals surface area contributed by atoms with Gasteiger partial charge in [-0.25, -0.2) is 0 Å². The lowest BCUT2D eigenvalue weighted by molar-refractivity contribution is -0.137. The molecule has 0 aromatic heterocycles. The van der Waals surface area contributed by atoms with Gasteiger partial charge in [-0.2, -0.15) is 18.4 Å². The largest absolute Gasteiger partial charge is 0.492 e. The second-order valence-corrected chi connectivity index (χ2v) is 5.32. The summed E-state index contributed by atoms with van der Waals surface area (Å²) >= 11 is 0. The predicted molar refractivity (Wildman–Crippen MR) is 71.5 cm³/mol. The minimum atomic E-state index is -4.46. The summed E-state index contributed by atoms with van der Waals surface area (Å²) in [6, 6.07) is 4.73. The lowest BCUT2D eigenvalue weighted by atomic mass is 9.97. The number of benzene rings is 1. The van der Waals surface area contributed by atoms with Crippen molar-refractivity contribution < 1.29 is 17.9 Å². The first kappa shape index (κ1) is 15.6. The zero-order valence-electron chi connectivity index (χ0n) is 11.5. The zero-order chi connectivity index (χ0) is 15.5. The van der Waals surface area contributed by atoms with E-state index < -0.39 is 11.7 Å². The van der Waals surface area contributed by atoms with Crippen LogP contribution in [-0.4, -0.2) is 13.2 Å². The molecule has 1 aliphatic rings. The average Bonchev–Trinajstić information content (AvgIpc) is 2.91. The van der Waals surface area contributed by atoms with Gasteiger partial charge < -0.3 is 10.5 Å². The maximum absolute atomic E-state index is 12.6. The molecule has 1 aromatic rings. The molecule has 3 nitrogen and oxygen atoms in total. The van der Waals surface area contributed by atoms with Crippen molar-refractivity contribution in [1.29, 1.82) is 5.26 Å². The number of rotatable bonds is 4. The van der Waals surface area contributed by atoms with Crippen LogP contribution >= 0.6 is 0 Å². The fraction of sp³-hybridized carbons (Fsp3) is 0.533. The number of nitrogens with zero attached hydrogens (tertiary/aromatic N) is 1. The van der Waals surface area contributed by atoms with Crippen molar-refractivity contribution in [2.75, 3.05) is 13.2 Å². The van der Waals surface area contributed by atoms with Gasteiger partial charge in [0.2, 0.25) is 0 Å².